The van der Waals surface area contributed by atoms with E-state index in [2.05, 4.69) is 31.1 Å². The lowest BCUT2D eigenvalue weighted by Crippen LogP contribution is -2.27. The molecule has 0 radical (unpaired) electrons. The molecule has 1 aromatic carbocycles. The number of aromatic nitrogens is 2. The van der Waals surface area contributed by atoms with E-state index in [1.165, 1.54) is 10.5 Å². The van der Waals surface area contributed by atoms with E-state index < -0.39 is 11.5 Å². The number of benzene rings is 1. The number of nitrogens with zero attached hydrogens (tertiary/aromatic N) is 3. The lowest BCUT2D eigenvalue weighted by atomic mass is 9.87. The number of amides is 1. The number of hydrogen-bond donors (Lipinski definition) is 1. The Morgan fingerprint density at radius 2 is 1.94 bits per heavy atom. The van der Waals surface area contributed by atoms with Crippen LogP contribution in [0.4, 0.5) is 0 Å². The summed E-state index contributed by atoms with van der Waals surface area (Å²) in [4.78, 5) is 30.2. The van der Waals surface area contributed by atoms with E-state index in [9.17, 15) is 14.9 Å². The van der Waals surface area contributed by atoms with Gasteiger partial charge < -0.3 is 14.8 Å². The molecule has 1 N–H and O–H groups in total. The molecular weight excluding hydrogens is 432 g/mol. The van der Waals surface area contributed by atoms with Gasteiger partial charge in [0, 0.05) is 26.5 Å². The molecule has 3 rings (SSSR count). The fourth-order valence-electron chi connectivity index (χ4n) is 3.22. The maximum atomic E-state index is 13.2. The summed E-state index contributed by atoms with van der Waals surface area (Å²) >= 11 is 0. The van der Waals surface area contributed by atoms with Gasteiger partial charge in [-0.1, -0.05) is 39.0 Å². The van der Waals surface area contributed by atoms with Crippen LogP contribution in [0, 0.1) is 11.3 Å². The standard InChI is InChI=1S/C26H28N4O4/c1-26(2,3)19-9-11-20(12-10-19)34-24-21(25(32)30-14-6-5-8-22(30)29-24)16-18(17-27)23(31)28-13-7-15-33-4/h5-6,8-12,14,16H,7,13,15H2,1-4H3,(H,28,31)/b18-16+. The predicted octanol–water partition coefficient (Wildman–Crippen LogP) is 3.84. The number of nitrogens with one attached hydrogen (secondary N) is 1. The second-order valence-electron chi connectivity index (χ2n) is 8.71. The van der Waals surface area contributed by atoms with Crippen molar-refractivity contribution in [3.63, 3.8) is 0 Å². The van der Waals surface area contributed by atoms with Crippen molar-refractivity contribution >= 4 is 17.6 Å². The normalized spacial score (nSPS) is 11.8. The molecule has 34 heavy (non-hydrogen) atoms. The Labute approximate surface area is 198 Å². The number of methoxy groups -OCH3 is 1. The van der Waals surface area contributed by atoms with Crippen molar-refractivity contribution in [2.75, 3.05) is 20.3 Å². The maximum absolute atomic E-state index is 13.2. The summed E-state index contributed by atoms with van der Waals surface area (Å²) in [6.07, 6.45) is 3.39. The van der Waals surface area contributed by atoms with Crippen LogP contribution in [0.25, 0.3) is 11.7 Å². The predicted molar refractivity (Wildman–Crippen MR) is 130 cm³/mol. The Kier molecular flexibility index (Phi) is 7.82. The van der Waals surface area contributed by atoms with Crippen molar-refractivity contribution < 1.29 is 14.3 Å². The molecule has 3 aromatic rings. The highest BCUT2D eigenvalue weighted by Crippen LogP contribution is 2.28. The first-order chi connectivity index (χ1) is 16.2. The highest BCUT2D eigenvalue weighted by Gasteiger charge is 2.18. The molecule has 0 aliphatic rings. The molecule has 1 amide bonds. The van der Waals surface area contributed by atoms with E-state index in [0.29, 0.717) is 31.0 Å². The van der Waals surface area contributed by atoms with Crippen molar-refractivity contribution in [1.29, 1.82) is 5.26 Å². The van der Waals surface area contributed by atoms with E-state index in [1.54, 1.807) is 43.6 Å². The third-order valence-electron chi connectivity index (χ3n) is 5.13. The van der Waals surface area contributed by atoms with Crippen LogP contribution in [0.15, 0.2) is 59.0 Å². The highest BCUT2D eigenvalue weighted by atomic mass is 16.5. The van der Waals surface area contributed by atoms with Gasteiger partial charge in [0.25, 0.3) is 11.5 Å². The zero-order valence-electron chi connectivity index (χ0n) is 19.8. The average Bonchev–Trinajstić information content (AvgIpc) is 2.81. The molecule has 2 aromatic heterocycles. The Morgan fingerprint density at radius 1 is 1.21 bits per heavy atom. The molecule has 176 valence electrons. The Balaban J connectivity index is 2.02. The molecule has 8 nitrogen and oxygen atoms in total. The molecule has 0 aliphatic heterocycles. The third kappa shape index (κ3) is 5.88. The second-order valence-corrected chi connectivity index (χ2v) is 8.71. The van der Waals surface area contributed by atoms with Crippen molar-refractivity contribution in [3.05, 3.63) is 75.7 Å². The van der Waals surface area contributed by atoms with Crippen molar-refractivity contribution in [2.24, 2.45) is 0 Å². The van der Waals surface area contributed by atoms with Gasteiger partial charge in [0.1, 0.15) is 28.6 Å². The Morgan fingerprint density at radius 3 is 2.59 bits per heavy atom. The summed E-state index contributed by atoms with van der Waals surface area (Å²) in [6.45, 7) is 7.15. The summed E-state index contributed by atoms with van der Waals surface area (Å²) < 4.78 is 12.3. The molecule has 0 saturated heterocycles. The largest absolute Gasteiger partial charge is 0.438 e. The van der Waals surface area contributed by atoms with E-state index in [0.717, 1.165) is 5.56 Å². The number of pyridine rings is 1. The average molecular weight is 461 g/mol. The molecule has 0 saturated carbocycles. The molecule has 0 spiro atoms. The van der Waals surface area contributed by atoms with Crippen LogP contribution in [-0.4, -0.2) is 35.6 Å². The molecule has 0 atom stereocenters. The summed E-state index contributed by atoms with van der Waals surface area (Å²) in [5.41, 5.74) is 0.821. The minimum absolute atomic E-state index is 0.00666. The summed E-state index contributed by atoms with van der Waals surface area (Å²) in [5, 5.41) is 12.2. The van der Waals surface area contributed by atoms with Gasteiger partial charge in [-0.15, -0.1) is 0 Å². The molecule has 0 aliphatic carbocycles. The smallest absolute Gasteiger partial charge is 0.269 e. The molecule has 0 unspecified atom stereocenters. The maximum Gasteiger partial charge on any atom is 0.269 e. The van der Waals surface area contributed by atoms with E-state index in [1.807, 2.05) is 18.2 Å². The van der Waals surface area contributed by atoms with Crippen LogP contribution >= 0.6 is 0 Å². The van der Waals surface area contributed by atoms with E-state index in [-0.39, 0.29) is 22.4 Å². The SMILES string of the molecule is COCCCNC(=O)/C(C#N)=C/c1c(Oc2ccc(C(C)(C)C)cc2)nc2ccccn2c1=O. The van der Waals surface area contributed by atoms with Crippen molar-refractivity contribution in [1.82, 2.24) is 14.7 Å². The minimum atomic E-state index is -0.586. The number of hydrogen-bond acceptors (Lipinski definition) is 6. The first-order valence-corrected chi connectivity index (χ1v) is 10.9. The zero-order valence-corrected chi connectivity index (χ0v) is 19.8. The fourth-order valence-corrected chi connectivity index (χ4v) is 3.22. The number of nitriles is 1. The van der Waals surface area contributed by atoms with E-state index >= 15 is 0 Å². The van der Waals surface area contributed by atoms with Crippen LogP contribution in [0.1, 0.15) is 38.3 Å². The van der Waals surface area contributed by atoms with Gasteiger partial charge >= 0.3 is 0 Å². The Hall–Kier alpha value is -3.96. The van der Waals surface area contributed by atoms with Gasteiger partial charge in [0.15, 0.2) is 0 Å². The first kappa shape index (κ1) is 24.7. The fraction of sp³-hybridized carbons (Fsp3) is 0.308. The quantitative estimate of drug-likeness (QED) is 0.311. The summed E-state index contributed by atoms with van der Waals surface area (Å²) in [5.74, 6) is -0.0892. The van der Waals surface area contributed by atoms with Crippen LogP contribution < -0.4 is 15.6 Å². The number of carbonyl (C=O) groups is 1. The first-order valence-electron chi connectivity index (χ1n) is 10.9. The third-order valence-corrected chi connectivity index (χ3v) is 5.13. The van der Waals surface area contributed by atoms with Crippen molar-refractivity contribution in [3.8, 4) is 17.7 Å². The molecule has 2 heterocycles. The topological polar surface area (TPSA) is 106 Å². The highest BCUT2D eigenvalue weighted by molar-refractivity contribution is 6.01. The lowest BCUT2D eigenvalue weighted by molar-refractivity contribution is -0.117. The molecule has 8 heteroatoms. The minimum Gasteiger partial charge on any atom is -0.438 e. The summed E-state index contributed by atoms with van der Waals surface area (Å²) in [6, 6.07) is 14.5. The van der Waals surface area contributed by atoms with Gasteiger partial charge in [-0.3, -0.25) is 14.0 Å². The second kappa shape index (κ2) is 10.8. The van der Waals surface area contributed by atoms with Gasteiger partial charge in [0.2, 0.25) is 5.88 Å². The number of carbonyl (C=O) groups excluding carboxylic acids is 1. The Bertz CT molecular complexity index is 1300. The number of rotatable bonds is 8. The van der Waals surface area contributed by atoms with Gasteiger partial charge in [-0.05, 0) is 47.7 Å². The summed E-state index contributed by atoms with van der Waals surface area (Å²) in [7, 11) is 1.57. The van der Waals surface area contributed by atoms with Crippen molar-refractivity contribution in [2.45, 2.75) is 32.6 Å². The lowest BCUT2D eigenvalue weighted by Gasteiger charge is -2.19. The monoisotopic (exact) mass is 460 g/mol. The number of ether oxygens (including phenoxy) is 2. The van der Waals surface area contributed by atoms with Gasteiger partial charge in [-0.25, -0.2) is 0 Å². The van der Waals surface area contributed by atoms with Crippen LogP contribution in [0.3, 0.4) is 0 Å². The molecular formula is C26H28N4O4. The number of fused-ring (bicyclic) bond motifs is 1. The van der Waals surface area contributed by atoms with Crippen LogP contribution in [0.5, 0.6) is 11.6 Å². The van der Waals surface area contributed by atoms with Gasteiger partial charge in [0.05, 0.1) is 0 Å². The molecule has 0 fully saturated rings. The molecule has 0 bridgehead atoms. The van der Waals surface area contributed by atoms with Crippen LogP contribution in [-0.2, 0) is 14.9 Å². The van der Waals surface area contributed by atoms with E-state index in [4.69, 9.17) is 9.47 Å². The van der Waals surface area contributed by atoms with Gasteiger partial charge in [-0.2, -0.15) is 10.2 Å². The zero-order chi connectivity index (χ0) is 24.7. The van der Waals surface area contributed by atoms with Crippen LogP contribution in [0.2, 0.25) is 0 Å².